The van der Waals surface area contributed by atoms with E-state index in [4.69, 9.17) is 17.0 Å². The standard InChI is InChI=1S/C20H22F2N2O3S2/c1-10-5-7-13(14(8-10)27-19(21)22)23-20(28)24-17-16(18(25)26-3)12-6-4-11(2)9-15(12)29-17/h5,7-8,11,19H,4,6,9H2,1-3H3,(H2,23,24,28). The van der Waals surface area contributed by atoms with Gasteiger partial charge >= 0.3 is 12.6 Å². The van der Waals surface area contributed by atoms with Crippen LogP contribution in [0.3, 0.4) is 0 Å². The van der Waals surface area contributed by atoms with Crippen LogP contribution in [0.25, 0.3) is 0 Å². The molecule has 1 aromatic heterocycles. The lowest BCUT2D eigenvalue weighted by Crippen LogP contribution is -2.21. The second kappa shape index (κ2) is 9.04. The number of benzene rings is 1. The molecule has 0 spiro atoms. The SMILES string of the molecule is COC(=O)c1c(NC(=S)Nc2ccc(C)cc2OC(F)F)sc2c1CCC(C)C2. The van der Waals surface area contributed by atoms with Gasteiger partial charge in [0.2, 0.25) is 0 Å². The molecule has 0 aliphatic heterocycles. The molecule has 156 valence electrons. The smallest absolute Gasteiger partial charge is 0.387 e. The van der Waals surface area contributed by atoms with E-state index in [1.807, 2.05) is 0 Å². The number of thiocarbonyl (C=S) groups is 1. The van der Waals surface area contributed by atoms with Gasteiger partial charge in [-0.3, -0.25) is 0 Å². The van der Waals surface area contributed by atoms with Crippen molar-refractivity contribution in [3.63, 3.8) is 0 Å². The third-order valence-corrected chi connectivity index (χ3v) is 6.10. The zero-order valence-electron chi connectivity index (χ0n) is 16.3. The molecular weight excluding hydrogens is 418 g/mol. The number of fused-ring (bicyclic) bond motifs is 1. The van der Waals surface area contributed by atoms with E-state index in [0.717, 1.165) is 35.3 Å². The molecule has 2 aromatic rings. The highest BCUT2D eigenvalue weighted by atomic mass is 32.1. The third-order valence-electron chi connectivity index (χ3n) is 4.73. The first-order valence-electron chi connectivity index (χ1n) is 9.14. The summed E-state index contributed by atoms with van der Waals surface area (Å²) in [6.45, 7) is 1.01. The Kier molecular flexibility index (Phi) is 6.69. The summed E-state index contributed by atoms with van der Waals surface area (Å²) in [5.41, 5.74) is 2.58. The van der Waals surface area contributed by atoms with Crippen LogP contribution in [0.2, 0.25) is 0 Å². The van der Waals surface area contributed by atoms with Crippen molar-refractivity contribution in [3.8, 4) is 5.75 Å². The molecule has 0 saturated carbocycles. The van der Waals surface area contributed by atoms with Crippen molar-refractivity contribution in [3.05, 3.63) is 39.8 Å². The van der Waals surface area contributed by atoms with Gasteiger partial charge in [0.05, 0.1) is 18.4 Å². The molecule has 1 aromatic carbocycles. The number of thiophene rings is 1. The van der Waals surface area contributed by atoms with E-state index in [1.165, 1.54) is 24.5 Å². The number of halogens is 2. The number of alkyl halides is 2. The molecule has 0 radical (unpaired) electrons. The van der Waals surface area contributed by atoms with Crippen molar-refractivity contribution in [1.82, 2.24) is 0 Å². The minimum atomic E-state index is -2.95. The van der Waals surface area contributed by atoms with E-state index in [0.29, 0.717) is 22.2 Å². The van der Waals surface area contributed by atoms with Gasteiger partial charge in [-0.2, -0.15) is 8.78 Å². The Bertz CT molecular complexity index is 931. The number of carbonyl (C=O) groups excluding carboxylic acids is 1. The van der Waals surface area contributed by atoms with E-state index < -0.39 is 12.6 Å². The average molecular weight is 441 g/mol. The zero-order chi connectivity index (χ0) is 21.1. The van der Waals surface area contributed by atoms with Gasteiger partial charge in [-0.15, -0.1) is 11.3 Å². The van der Waals surface area contributed by atoms with E-state index in [9.17, 15) is 13.6 Å². The number of anilines is 2. The number of rotatable bonds is 5. The second-order valence-corrected chi connectivity index (χ2v) is 8.52. The van der Waals surface area contributed by atoms with E-state index >= 15 is 0 Å². The predicted molar refractivity (Wildman–Crippen MR) is 115 cm³/mol. The van der Waals surface area contributed by atoms with Crippen molar-refractivity contribution < 1.29 is 23.0 Å². The minimum Gasteiger partial charge on any atom is -0.465 e. The van der Waals surface area contributed by atoms with Crippen LogP contribution in [0, 0.1) is 12.8 Å². The fraction of sp³-hybridized carbons (Fsp3) is 0.400. The van der Waals surface area contributed by atoms with E-state index in [1.54, 1.807) is 19.1 Å². The largest absolute Gasteiger partial charge is 0.465 e. The van der Waals surface area contributed by atoms with Gasteiger partial charge in [0.25, 0.3) is 0 Å². The van der Waals surface area contributed by atoms with Gasteiger partial charge in [-0.05, 0) is 67.6 Å². The number of hydrogen-bond acceptors (Lipinski definition) is 5. The normalized spacial score (nSPS) is 15.6. The Balaban J connectivity index is 1.84. The highest BCUT2D eigenvalue weighted by molar-refractivity contribution is 7.80. The van der Waals surface area contributed by atoms with E-state index in [2.05, 4.69) is 22.3 Å². The first-order valence-corrected chi connectivity index (χ1v) is 10.4. The molecule has 2 N–H and O–H groups in total. The van der Waals surface area contributed by atoms with Crippen LogP contribution in [0.1, 0.15) is 39.7 Å². The fourth-order valence-corrected chi connectivity index (χ4v) is 5.02. The number of carbonyl (C=O) groups is 1. The van der Waals surface area contributed by atoms with Gasteiger partial charge < -0.3 is 20.1 Å². The van der Waals surface area contributed by atoms with Crippen molar-refractivity contribution in [1.29, 1.82) is 0 Å². The lowest BCUT2D eigenvalue weighted by molar-refractivity contribution is -0.0493. The molecule has 1 aliphatic carbocycles. The topological polar surface area (TPSA) is 59.6 Å². The molecule has 9 heteroatoms. The Labute approximate surface area is 177 Å². The maximum absolute atomic E-state index is 12.7. The molecule has 0 bridgehead atoms. The lowest BCUT2D eigenvalue weighted by Gasteiger charge is -2.18. The number of nitrogens with one attached hydrogen (secondary N) is 2. The monoisotopic (exact) mass is 440 g/mol. The molecule has 1 atom stereocenters. The summed E-state index contributed by atoms with van der Waals surface area (Å²) in [6, 6.07) is 4.87. The summed E-state index contributed by atoms with van der Waals surface area (Å²) in [4.78, 5) is 13.5. The maximum atomic E-state index is 12.7. The highest BCUT2D eigenvalue weighted by Crippen LogP contribution is 2.40. The van der Waals surface area contributed by atoms with Crippen LogP contribution in [-0.4, -0.2) is 24.8 Å². The van der Waals surface area contributed by atoms with Crippen molar-refractivity contribution in [2.24, 2.45) is 5.92 Å². The van der Waals surface area contributed by atoms with Gasteiger partial charge in [-0.25, -0.2) is 4.79 Å². The van der Waals surface area contributed by atoms with Gasteiger partial charge in [0.1, 0.15) is 10.8 Å². The van der Waals surface area contributed by atoms with E-state index in [-0.39, 0.29) is 10.9 Å². The van der Waals surface area contributed by atoms with Crippen LogP contribution in [0.15, 0.2) is 18.2 Å². The molecule has 1 aliphatic rings. The molecule has 1 unspecified atom stereocenters. The lowest BCUT2D eigenvalue weighted by atomic mass is 9.88. The number of aryl methyl sites for hydroxylation is 1. The summed E-state index contributed by atoms with van der Waals surface area (Å²) in [7, 11) is 1.35. The van der Waals surface area contributed by atoms with Gasteiger partial charge in [0, 0.05) is 4.88 Å². The van der Waals surface area contributed by atoms with Crippen molar-refractivity contribution >= 4 is 45.3 Å². The maximum Gasteiger partial charge on any atom is 0.387 e. The molecule has 3 rings (SSSR count). The Morgan fingerprint density at radius 3 is 2.79 bits per heavy atom. The van der Waals surface area contributed by atoms with Crippen LogP contribution < -0.4 is 15.4 Å². The summed E-state index contributed by atoms with van der Waals surface area (Å²) < 4.78 is 35.0. The Morgan fingerprint density at radius 1 is 1.34 bits per heavy atom. The number of hydrogen-bond donors (Lipinski definition) is 2. The number of ether oxygens (including phenoxy) is 2. The average Bonchev–Trinajstić information content (AvgIpc) is 2.99. The molecule has 29 heavy (non-hydrogen) atoms. The summed E-state index contributed by atoms with van der Waals surface area (Å²) in [5, 5.41) is 6.68. The Morgan fingerprint density at radius 2 is 2.10 bits per heavy atom. The van der Waals surface area contributed by atoms with Crippen LogP contribution in [0.5, 0.6) is 5.75 Å². The number of methoxy groups -OCH3 is 1. The van der Waals surface area contributed by atoms with Crippen molar-refractivity contribution in [2.45, 2.75) is 39.7 Å². The number of esters is 1. The quantitative estimate of drug-likeness (QED) is 0.481. The summed E-state index contributed by atoms with van der Waals surface area (Å²) in [5.74, 6) is 0.127. The van der Waals surface area contributed by atoms with Gasteiger partial charge in [-0.1, -0.05) is 13.0 Å². The van der Waals surface area contributed by atoms with Crippen molar-refractivity contribution in [2.75, 3.05) is 17.7 Å². The molecular formula is C20H22F2N2O3S2. The second-order valence-electron chi connectivity index (χ2n) is 7.00. The van der Waals surface area contributed by atoms with Crippen LogP contribution in [0.4, 0.5) is 19.5 Å². The third kappa shape index (κ3) is 5.02. The van der Waals surface area contributed by atoms with Gasteiger partial charge in [0.15, 0.2) is 5.11 Å². The molecule has 0 fully saturated rings. The zero-order valence-corrected chi connectivity index (χ0v) is 17.9. The minimum absolute atomic E-state index is 0.00311. The summed E-state index contributed by atoms with van der Waals surface area (Å²) in [6.07, 6.45) is 2.72. The Hall–Kier alpha value is -2.26. The molecule has 1 heterocycles. The summed E-state index contributed by atoms with van der Waals surface area (Å²) >= 11 is 6.83. The first kappa shape index (κ1) is 21.4. The fourth-order valence-electron chi connectivity index (χ4n) is 3.34. The molecule has 0 saturated heterocycles. The highest BCUT2D eigenvalue weighted by Gasteiger charge is 2.28. The predicted octanol–water partition coefficient (Wildman–Crippen LogP) is 5.38. The molecule has 0 amide bonds. The molecule has 5 nitrogen and oxygen atoms in total. The van der Waals surface area contributed by atoms with Crippen LogP contribution in [-0.2, 0) is 17.6 Å². The van der Waals surface area contributed by atoms with Crippen LogP contribution >= 0.6 is 23.6 Å². The first-order chi connectivity index (χ1) is 13.8.